The number of nitrogens with zero attached hydrogens (tertiary/aromatic N) is 1. The molecule has 1 aliphatic rings. The average Bonchev–Trinajstić information content (AvgIpc) is 3.04. The summed E-state index contributed by atoms with van der Waals surface area (Å²) in [6.07, 6.45) is 2.92. The lowest BCUT2D eigenvalue weighted by atomic mass is 10.1. The molecule has 1 saturated heterocycles. The fourth-order valence-corrected chi connectivity index (χ4v) is 3.32. The molecule has 1 heterocycles. The quantitative estimate of drug-likeness (QED) is 0.587. The van der Waals surface area contributed by atoms with Gasteiger partial charge < -0.3 is 9.64 Å². The van der Waals surface area contributed by atoms with Gasteiger partial charge >= 0.3 is 5.97 Å². The molecule has 0 saturated carbocycles. The van der Waals surface area contributed by atoms with Crippen molar-refractivity contribution in [2.24, 2.45) is 5.92 Å². The topological polar surface area (TPSA) is 46.6 Å². The van der Waals surface area contributed by atoms with Crippen molar-refractivity contribution in [3.05, 3.63) is 60.2 Å². The third-order valence-corrected chi connectivity index (χ3v) is 5.06. The summed E-state index contributed by atoms with van der Waals surface area (Å²) in [5.74, 6) is -0.696. The Morgan fingerprint density at radius 2 is 1.88 bits per heavy atom. The van der Waals surface area contributed by atoms with Gasteiger partial charge in [-0.3, -0.25) is 9.59 Å². The zero-order valence-electron chi connectivity index (χ0n) is 14.2. The number of carbonyl (C=O) groups excluding carboxylic acids is 2. The molecule has 0 bridgehead atoms. The first-order chi connectivity index (χ1) is 12.2. The number of benzene rings is 2. The standard InChI is InChI=1S/C20H21NO3S/c1-25-18-9-7-17(8-10-18)21-14-16(13-19(21)22)20(23)24-12-11-15-5-3-2-4-6-15/h2-10,16H,11-14H2,1H3. The molecule has 1 fully saturated rings. The van der Waals surface area contributed by atoms with E-state index in [1.165, 1.54) is 0 Å². The minimum Gasteiger partial charge on any atom is -0.465 e. The van der Waals surface area contributed by atoms with Crippen molar-refractivity contribution in [3.63, 3.8) is 0 Å². The number of hydrogen-bond donors (Lipinski definition) is 0. The molecule has 0 aliphatic carbocycles. The molecule has 1 aliphatic heterocycles. The Bertz CT molecular complexity index is 730. The van der Waals surface area contributed by atoms with Crippen LogP contribution in [0.25, 0.3) is 0 Å². The number of amides is 1. The summed E-state index contributed by atoms with van der Waals surface area (Å²) >= 11 is 1.66. The number of carbonyl (C=O) groups is 2. The third-order valence-electron chi connectivity index (χ3n) is 4.32. The first-order valence-corrected chi connectivity index (χ1v) is 9.55. The van der Waals surface area contributed by atoms with Crippen LogP contribution in [0.15, 0.2) is 59.5 Å². The third kappa shape index (κ3) is 4.42. The van der Waals surface area contributed by atoms with E-state index in [1.54, 1.807) is 16.7 Å². The lowest BCUT2D eigenvalue weighted by molar-refractivity contribution is -0.148. The van der Waals surface area contributed by atoms with E-state index in [2.05, 4.69) is 0 Å². The van der Waals surface area contributed by atoms with Gasteiger partial charge in [-0.05, 0) is 36.1 Å². The van der Waals surface area contributed by atoms with Crippen LogP contribution < -0.4 is 4.90 Å². The number of thioether (sulfide) groups is 1. The molecule has 3 rings (SSSR count). The highest BCUT2D eigenvalue weighted by Gasteiger charge is 2.36. The van der Waals surface area contributed by atoms with Crippen molar-refractivity contribution < 1.29 is 14.3 Å². The van der Waals surface area contributed by atoms with Gasteiger partial charge in [0.15, 0.2) is 0 Å². The van der Waals surface area contributed by atoms with Crippen molar-refractivity contribution in [3.8, 4) is 0 Å². The summed E-state index contributed by atoms with van der Waals surface area (Å²) in [5, 5.41) is 0. The summed E-state index contributed by atoms with van der Waals surface area (Å²) in [7, 11) is 0. The van der Waals surface area contributed by atoms with Crippen molar-refractivity contribution >= 4 is 29.3 Å². The molecule has 25 heavy (non-hydrogen) atoms. The van der Waals surface area contributed by atoms with Gasteiger partial charge in [-0.1, -0.05) is 30.3 Å². The van der Waals surface area contributed by atoms with E-state index in [0.717, 1.165) is 16.1 Å². The van der Waals surface area contributed by atoms with Crippen molar-refractivity contribution in [2.75, 3.05) is 24.3 Å². The molecule has 1 unspecified atom stereocenters. The van der Waals surface area contributed by atoms with Gasteiger partial charge in [0.05, 0.1) is 12.5 Å². The van der Waals surface area contributed by atoms with Crippen LogP contribution >= 0.6 is 11.8 Å². The molecule has 0 aromatic heterocycles. The zero-order chi connectivity index (χ0) is 17.6. The number of rotatable bonds is 6. The van der Waals surface area contributed by atoms with Crippen LogP contribution in [0, 0.1) is 5.92 Å². The van der Waals surface area contributed by atoms with Crippen molar-refractivity contribution in [1.82, 2.24) is 0 Å². The van der Waals surface area contributed by atoms with Crippen molar-refractivity contribution in [1.29, 1.82) is 0 Å². The Morgan fingerprint density at radius 1 is 1.16 bits per heavy atom. The Labute approximate surface area is 152 Å². The maximum atomic E-state index is 12.3. The first-order valence-electron chi connectivity index (χ1n) is 8.32. The van der Waals surface area contributed by atoms with E-state index in [4.69, 9.17) is 4.74 Å². The lowest BCUT2D eigenvalue weighted by Crippen LogP contribution is -2.26. The molecular weight excluding hydrogens is 334 g/mol. The van der Waals surface area contributed by atoms with Crippen LogP contribution in [0.3, 0.4) is 0 Å². The van der Waals surface area contributed by atoms with E-state index in [9.17, 15) is 9.59 Å². The Hall–Kier alpha value is -2.27. The maximum absolute atomic E-state index is 12.3. The van der Waals surface area contributed by atoms with Gasteiger partial charge in [-0.25, -0.2) is 0 Å². The highest BCUT2D eigenvalue weighted by molar-refractivity contribution is 7.98. The molecule has 2 aromatic rings. The van der Waals surface area contributed by atoms with E-state index < -0.39 is 0 Å². The number of ether oxygens (including phenoxy) is 1. The van der Waals surface area contributed by atoms with Crippen LogP contribution in [-0.4, -0.2) is 31.3 Å². The van der Waals surface area contributed by atoms with Crippen LogP contribution in [0.1, 0.15) is 12.0 Å². The Kier molecular flexibility index (Phi) is 5.76. The van der Waals surface area contributed by atoms with Crippen LogP contribution in [0.5, 0.6) is 0 Å². The van der Waals surface area contributed by atoms with Gasteiger partial charge in [0, 0.05) is 30.0 Å². The molecule has 0 N–H and O–H groups in total. The molecule has 2 aromatic carbocycles. The summed E-state index contributed by atoms with van der Waals surface area (Å²) in [5.41, 5.74) is 1.97. The molecule has 130 valence electrons. The Morgan fingerprint density at radius 3 is 2.56 bits per heavy atom. The van der Waals surface area contributed by atoms with Crippen LogP contribution in [0.4, 0.5) is 5.69 Å². The fraction of sp³-hybridized carbons (Fsp3) is 0.300. The molecule has 5 heteroatoms. The van der Waals surface area contributed by atoms with Crippen molar-refractivity contribution in [2.45, 2.75) is 17.7 Å². The van der Waals surface area contributed by atoms with Gasteiger partial charge in [0.1, 0.15) is 0 Å². The number of anilines is 1. The minimum atomic E-state index is -0.386. The average molecular weight is 355 g/mol. The molecule has 1 atom stereocenters. The SMILES string of the molecule is CSc1ccc(N2CC(C(=O)OCCc3ccccc3)CC2=O)cc1. The number of esters is 1. The summed E-state index contributed by atoms with van der Waals surface area (Å²) in [4.78, 5) is 27.3. The monoisotopic (exact) mass is 355 g/mol. The van der Waals surface area contributed by atoms with Gasteiger partial charge in [-0.15, -0.1) is 11.8 Å². The van der Waals surface area contributed by atoms with Crippen LogP contribution in [0.2, 0.25) is 0 Å². The predicted molar refractivity (Wildman–Crippen MR) is 99.8 cm³/mol. The molecule has 4 nitrogen and oxygen atoms in total. The highest BCUT2D eigenvalue weighted by atomic mass is 32.2. The fourth-order valence-electron chi connectivity index (χ4n) is 2.91. The second-order valence-corrected chi connectivity index (χ2v) is 6.89. The smallest absolute Gasteiger partial charge is 0.311 e. The molecule has 0 radical (unpaired) electrons. The largest absolute Gasteiger partial charge is 0.465 e. The molecule has 0 spiro atoms. The maximum Gasteiger partial charge on any atom is 0.311 e. The summed E-state index contributed by atoms with van der Waals surface area (Å²) in [6, 6.07) is 17.7. The van der Waals surface area contributed by atoms with Gasteiger partial charge in [0.2, 0.25) is 5.91 Å². The van der Waals surface area contributed by atoms with Gasteiger partial charge in [-0.2, -0.15) is 0 Å². The van der Waals surface area contributed by atoms with Gasteiger partial charge in [0.25, 0.3) is 0 Å². The van der Waals surface area contributed by atoms with E-state index >= 15 is 0 Å². The minimum absolute atomic E-state index is 0.0260. The molecule has 1 amide bonds. The second-order valence-electron chi connectivity index (χ2n) is 6.01. The normalized spacial score (nSPS) is 16.9. The highest BCUT2D eigenvalue weighted by Crippen LogP contribution is 2.27. The zero-order valence-corrected chi connectivity index (χ0v) is 15.0. The first kappa shape index (κ1) is 17.5. The van der Waals surface area contributed by atoms with E-state index in [-0.39, 0.29) is 24.2 Å². The molecular formula is C20H21NO3S. The number of hydrogen-bond acceptors (Lipinski definition) is 4. The summed E-state index contributed by atoms with van der Waals surface area (Å²) in [6.45, 7) is 0.734. The second kappa shape index (κ2) is 8.21. The van der Waals surface area contributed by atoms with E-state index in [0.29, 0.717) is 19.6 Å². The predicted octanol–water partition coefficient (Wildman–Crippen LogP) is 3.55. The van der Waals surface area contributed by atoms with Crippen LogP contribution in [-0.2, 0) is 20.7 Å². The lowest BCUT2D eigenvalue weighted by Gasteiger charge is -2.16. The van der Waals surface area contributed by atoms with E-state index in [1.807, 2.05) is 60.9 Å². The Balaban J connectivity index is 1.53. The summed E-state index contributed by atoms with van der Waals surface area (Å²) < 4.78 is 5.38.